The Kier molecular flexibility index (Phi) is 3.58. The van der Waals surface area contributed by atoms with Gasteiger partial charge in [0.15, 0.2) is 0 Å². The van der Waals surface area contributed by atoms with E-state index in [1.807, 2.05) is 0 Å². The summed E-state index contributed by atoms with van der Waals surface area (Å²) in [6.45, 7) is 0. The molecule has 0 aliphatic rings. The van der Waals surface area contributed by atoms with Gasteiger partial charge in [-0.3, -0.25) is 0 Å². The summed E-state index contributed by atoms with van der Waals surface area (Å²) in [5.74, 6) is 0.151. The maximum Gasteiger partial charge on any atom is 0.222 e. The molecule has 0 radical (unpaired) electrons. The highest BCUT2D eigenvalue weighted by molar-refractivity contribution is 9.10. The molecular formula is C10H7Br2FN4. The number of aromatic nitrogens is 2. The van der Waals surface area contributed by atoms with Crippen molar-refractivity contribution in [1.82, 2.24) is 9.97 Å². The van der Waals surface area contributed by atoms with Crippen LogP contribution in [-0.4, -0.2) is 9.97 Å². The molecule has 7 heteroatoms. The lowest BCUT2D eigenvalue weighted by Crippen LogP contribution is -2.01. The standard InChI is InChI=1S/C10H7Br2FN4/c11-5-1-2-7(13)8(3-5)16-9-6(12)4-15-10(14)17-9/h1-4H,(H3,14,15,16,17). The third-order valence-electron chi connectivity index (χ3n) is 1.94. The van der Waals surface area contributed by atoms with Gasteiger partial charge in [-0.1, -0.05) is 15.9 Å². The lowest BCUT2D eigenvalue weighted by atomic mass is 10.3. The fourth-order valence-electron chi connectivity index (χ4n) is 1.19. The summed E-state index contributed by atoms with van der Waals surface area (Å²) in [5.41, 5.74) is 5.77. The van der Waals surface area contributed by atoms with Crippen molar-refractivity contribution in [1.29, 1.82) is 0 Å². The van der Waals surface area contributed by atoms with Crippen molar-refractivity contribution in [3.8, 4) is 0 Å². The van der Waals surface area contributed by atoms with Crippen LogP contribution in [-0.2, 0) is 0 Å². The topological polar surface area (TPSA) is 63.8 Å². The van der Waals surface area contributed by atoms with Crippen LogP contribution in [0.1, 0.15) is 0 Å². The van der Waals surface area contributed by atoms with E-state index < -0.39 is 0 Å². The number of rotatable bonds is 2. The van der Waals surface area contributed by atoms with E-state index in [-0.39, 0.29) is 11.8 Å². The van der Waals surface area contributed by atoms with Crippen LogP contribution in [0, 0.1) is 5.82 Å². The summed E-state index contributed by atoms with van der Waals surface area (Å²) in [5, 5.41) is 2.84. The van der Waals surface area contributed by atoms with Crippen LogP contribution >= 0.6 is 31.9 Å². The maximum atomic E-state index is 13.5. The van der Waals surface area contributed by atoms with Crippen molar-refractivity contribution in [2.75, 3.05) is 11.1 Å². The smallest absolute Gasteiger partial charge is 0.222 e. The van der Waals surface area contributed by atoms with Crippen molar-refractivity contribution in [2.24, 2.45) is 0 Å². The molecule has 1 aromatic carbocycles. The summed E-state index contributed by atoms with van der Waals surface area (Å²) < 4.78 is 14.9. The molecule has 2 rings (SSSR count). The molecule has 0 aliphatic heterocycles. The average Bonchev–Trinajstić information content (AvgIpc) is 2.28. The number of hydrogen-bond acceptors (Lipinski definition) is 4. The molecule has 0 saturated carbocycles. The van der Waals surface area contributed by atoms with Crippen molar-refractivity contribution in [3.63, 3.8) is 0 Å². The molecule has 0 unspecified atom stereocenters. The Morgan fingerprint density at radius 2 is 2.06 bits per heavy atom. The Labute approximate surface area is 114 Å². The monoisotopic (exact) mass is 360 g/mol. The molecule has 0 atom stereocenters. The molecule has 0 spiro atoms. The third-order valence-corrected chi connectivity index (χ3v) is 3.02. The summed E-state index contributed by atoms with van der Waals surface area (Å²) in [4.78, 5) is 7.76. The highest BCUT2D eigenvalue weighted by Gasteiger charge is 2.07. The van der Waals surface area contributed by atoms with Gasteiger partial charge in [-0.25, -0.2) is 9.37 Å². The first-order chi connectivity index (χ1) is 8.06. The van der Waals surface area contributed by atoms with Gasteiger partial charge in [0.1, 0.15) is 11.6 Å². The number of benzene rings is 1. The van der Waals surface area contributed by atoms with Crippen LogP contribution in [0.25, 0.3) is 0 Å². The Balaban J connectivity index is 2.37. The molecule has 0 aliphatic carbocycles. The summed E-state index contributed by atoms with van der Waals surface area (Å²) in [6, 6.07) is 4.58. The van der Waals surface area contributed by atoms with Crippen LogP contribution in [0.15, 0.2) is 33.3 Å². The van der Waals surface area contributed by atoms with E-state index in [0.717, 1.165) is 4.47 Å². The first-order valence-electron chi connectivity index (χ1n) is 4.56. The fourth-order valence-corrected chi connectivity index (χ4v) is 1.84. The third kappa shape index (κ3) is 2.92. The lowest BCUT2D eigenvalue weighted by molar-refractivity contribution is 0.631. The number of nitrogen functional groups attached to an aromatic ring is 1. The molecule has 0 bridgehead atoms. The second-order valence-corrected chi connectivity index (χ2v) is 4.94. The minimum Gasteiger partial charge on any atom is -0.368 e. The molecule has 0 fully saturated rings. The van der Waals surface area contributed by atoms with Crippen LogP contribution in [0.3, 0.4) is 0 Å². The quantitative estimate of drug-likeness (QED) is 0.859. The Bertz CT molecular complexity index is 512. The summed E-state index contributed by atoms with van der Waals surface area (Å²) in [7, 11) is 0. The van der Waals surface area contributed by atoms with Crippen LogP contribution in [0.5, 0.6) is 0 Å². The molecular weight excluding hydrogens is 355 g/mol. The first-order valence-corrected chi connectivity index (χ1v) is 6.15. The van der Waals surface area contributed by atoms with Crippen molar-refractivity contribution in [3.05, 3.63) is 39.2 Å². The van der Waals surface area contributed by atoms with Gasteiger partial charge in [-0.2, -0.15) is 4.98 Å². The summed E-state index contributed by atoms with van der Waals surface area (Å²) in [6.07, 6.45) is 1.50. The zero-order chi connectivity index (χ0) is 12.4. The van der Waals surface area contributed by atoms with Gasteiger partial charge in [-0.15, -0.1) is 0 Å². The van der Waals surface area contributed by atoms with Gasteiger partial charge in [0.25, 0.3) is 0 Å². The normalized spacial score (nSPS) is 10.3. The number of nitrogens with one attached hydrogen (secondary N) is 1. The second kappa shape index (κ2) is 4.97. The van der Waals surface area contributed by atoms with Crippen LogP contribution in [0.2, 0.25) is 0 Å². The molecule has 17 heavy (non-hydrogen) atoms. The fraction of sp³-hybridized carbons (Fsp3) is 0. The van der Waals surface area contributed by atoms with E-state index in [9.17, 15) is 4.39 Å². The van der Waals surface area contributed by atoms with Crippen molar-refractivity contribution >= 4 is 49.3 Å². The van der Waals surface area contributed by atoms with E-state index in [1.165, 1.54) is 12.3 Å². The second-order valence-electron chi connectivity index (χ2n) is 3.17. The molecule has 1 heterocycles. The van der Waals surface area contributed by atoms with E-state index in [2.05, 4.69) is 47.1 Å². The maximum absolute atomic E-state index is 13.5. The molecule has 0 amide bonds. The molecule has 3 N–H and O–H groups in total. The minimum atomic E-state index is -0.378. The van der Waals surface area contributed by atoms with Gasteiger partial charge in [-0.05, 0) is 34.1 Å². The first kappa shape index (κ1) is 12.3. The largest absolute Gasteiger partial charge is 0.368 e. The van der Waals surface area contributed by atoms with Crippen molar-refractivity contribution < 1.29 is 4.39 Å². The molecule has 4 nitrogen and oxygen atoms in total. The molecule has 1 aromatic heterocycles. The number of hydrogen-bond donors (Lipinski definition) is 2. The van der Waals surface area contributed by atoms with Gasteiger partial charge in [0.2, 0.25) is 5.95 Å². The number of nitrogens with zero attached hydrogens (tertiary/aromatic N) is 2. The number of nitrogens with two attached hydrogens (primary N) is 1. The zero-order valence-corrected chi connectivity index (χ0v) is 11.6. The van der Waals surface area contributed by atoms with E-state index >= 15 is 0 Å². The van der Waals surface area contributed by atoms with E-state index in [4.69, 9.17) is 5.73 Å². The molecule has 2 aromatic rings. The molecule has 88 valence electrons. The van der Waals surface area contributed by atoms with Crippen molar-refractivity contribution in [2.45, 2.75) is 0 Å². The van der Waals surface area contributed by atoms with Crippen LogP contribution in [0.4, 0.5) is 21.8 Å². The number of halogens is 3. The predicted molar refractivity (Wildman–Crippen MR) is 71.5 cm³/mol. The Morgan fingerprint density at radius 3 is 2.82 bits per heavy atom. The van der Waals surface area contributed by atoms with Gasteiger partial charge in [0.05, 0.1) is 10.2 Å². The Hall–Kier alpha value is -1.21. The predicted octanol–water partition coefficient (Wildman–Crippen LogP) is 3.47. The van der Waals surface area contributed by atoms with E-state index in [1.54, 1.807) is 12.1 Å². The van der Waals surface area contributed by atoms with Gasteiger partial charge < -0.3 is 11.1 Å². The lowest BCUT2D eigenvalue weighted by Gasteiger charge is -2.09. The zero-order valence-electron chi connectivity index (χ0n) is 8.42. The highest BCUT2D eigenvalue weighted by atomic mass is 79.9. The Morgan fingerprint density at radius 1 is 1.29 bits per heavy atom. The van der Waals surface area contributed by atoms with E-state index in [0.29, 0.717) is 16.0 Å². The molecule has 0 saturated heterocycles. The van der Waals surface area contributed by atoms with Gasteiger partial charge >= 0.3 is 0 Å². The van der Waals surface area contributed by atoms with Gasteiger partial charge in [0, 0.05) is 10.7 Å². The van der Waals surface area contributed by atoms with Crippen LogP contribution < -0.4 is 11.1 Å². The average molecular weight is 362 g/mol. The highest BCUT2D eigenvalue weighted by Crippen LogP contribution is 2.27. The minimum absolute atomic E-state index is 0.117. The summed E-state index contributed by atoms with van der Waals surface area (Å²) >= 11 is 6.52. The SMILES string of the molecule is Nc1ncc(Br)c(Nc2cc(Br)ccc2F)n1. The number of anilines is 3.